The summed E-state index contributed by atoms with van der Waals surface area (Å²) < 4.78 is 31.3. The van der Waals surface area contributed by atoms with E-state index < -0.39 is 21.9 Å². The first-order valence-corrected chi connectivity index (χ1v) is 8.53. The van der Waals surface area contributed by atoms with Gasteiger partial charge in [-0.2, -0.15) is 0 Å². The van der Waals surface area contributed by atoms with Gasteiger partial charge < -0.3 is 10.5 Å². The highest BCUT2D eigenvalue weighted by atomic mass is 32.2. The lowest BCUT2D eigenvalue weighted by Gasteiger charge is -2.09. The number of benzene rings is 2. The molecule has 0 saturated heterocycles. The summed E-state index contributed by atoms with van der Waals surface area (Å²) in [6.07, 6.45) is 0. The van der Waals surface area contributed by atoms with E-state index in [1.165, 1.54) is 43.5 Å². The number of ether oxygens (including phenoxy) is 1. The number of nitrogens with two attached hydrogens (primary N) is 1. The number of amides is 1. The fourth-order valence-electron chi connectivity index (χ4n) is 1.99. The van der Waals surface area contributed by atoms with Gasteiger partial charge in [0.25, 0.3) is 0 Å². The molecule has 0 spiro atoms. The maximum Gasteiger partial charge on any atom is 0.337 e. The van der Waals surface area contributed by atoms with Crippen molar-refractivity contribution in [1.82, 2.24) is 0 Å². The van der Waals surface area contributed by atoms with Crippen LogP contribution in [-0.4, -0.2) is 27.4 Å². The number of carbonyl (C=O) groups excluding carboxylic acids is 2. The molecule has 2 aromatic carbocycles. The van der Waals surface area contributed by atoms with Gasteiger partial charge in [0.1, 0.15) is 0 Å². The van der Waals surface area contributed by atoms with E-state index >= 15 is 0 Å². The number of primary amides is 1. The molecule has 0 heterocycles. The second kappa shape index (κ2) is 7.14. The summed E-state index contributed by atoms with van der Waals surface area (Å²) in [5.74, 6) is -1.33. The largest absolute Gasteiger partial charge is 0.465 e. The van der Waals surface area contributed by atoms with E-state index in [1.807, 2.05) is 0 Å². The molecule has 0 aliphatic heterocycles. The minimum absolute atomic E-state index is 0.258. The molecule has 3 N–H and O–H groups in total. The van der Waals surface area contributed by atoms with Crippen molar-refractivity contribution in [3.05, 3.63) is 65.2 Å². The third kappa shape index (κ3) is 4.56. The molecule has 1 amide bonds. The van der Waals surface area contributed by atoms with E-state index in [-0.39, 0.29) is 11.3 Å². The molecule has 0 fully saturated rings. The van der Waals surface area contributed by atoms with Gasteiger partial charge in [-0.3, -0.25) is 9.52 Å². The Hall–Kier alpha value is -2.87. The standard InChI is InChI=1S/C16H16N2O5S/c1-23-16(20)13-4-2-11(3-5-13)10-24(21,22)18-14-8-6-12(7-9-14)15(17)19/h2-9,18H,10H2,1H3,(H2,17,19). The molecule has 0 saturated carbocycles. The fraction of sp³-hybridized carbons (Fsp3) is 0.125. The monoisotopic (exact) mass is 348 g/mol. The molecule has 0 aliphatic rings. The molecule has 2 rings (SSSR count). The number of anilines is 1. The van der Waals surface area contributed by atoms with Crippen LogP contribution in [0.25, 0.3) is 0 Å². The van der Waals surface area contributed by atoms with Crippen LogP contribution in [0.2, 0.25) is 0 Å². The molecule has 0 bridgehead atoms. The molecule has 8 heteroatoms. The summed E-state index contributed by atoms with van der Waals surface area (Å²) in [4.78, 5) is 22.3. The lowest BCUT2D eigenvalue weighted by Crippen LogP contribution is -2.16. The van der Waals surface area contributed by atoms with Gasteiger partial charge in [0.2, 0.25) is 15.9 Å². The van der Waals surface area contributed by atoms with Gasteiger partial charge >= 0.3 is 5.97 Å². The van der Waals surface area contributed by atoms with Gasteiger partial charge in [-0.15, -0.1) is 0 Å². The lowest BCUT2D eigenvalue weighted by atomic mass is 10.1. The van der Waals surface area contributed by atoms with Crippen molar-refractivity contribution in [2.75, 3.05) is 11.8 Å². The minimum atomic E-state index is -3.64. The van der Waals surface area contributed by atoms with Gasteiger partial charge in [-0.05, 0) is 42.0 Å². The number of rotatable bonds is 6. The van der Waals surface area contributed by atoms with Crippen LogP contribution in [0.1, 0.15) is 26.3 Å². The van der Waals surface area contributed by atoms with E-state index in [1.54, 1.807) is 12.1 Å². The van der Waals surface area contributed by atoms with Crippen LogP contribution in [0.5, 0.6) is 0 Å². The first-order valence-electron chi connectivity index (χ1n) is 6.88. The highest BCUT2D eigenvalue weighted by Gasteiger charge is 2.13. The molecule has 0 aliphatic carbocycles. The summed E-state index contributed by atoms with van der Waals surface area (Å²) >= 11 is 0. The Morgan fingerprint density at radius 2 is 1.54 bits per heavy atom. The van der Waals surface area contributed by atoms with Crippen LogP contribution >= 0.6 is 0 Å². The van der Waals surface area contributed by atoms with Crippen molar-refractivity contribution in [3.8, 4) is 0 Å². The van der Waals surface area contributed by atoms with Crippen LogP contribution < -0.4 is 10.5 Å². The highest BCUT2D eigenvalue weighted by molar-refractivity contribution is 7.91. The second-order valence-electron chi connectivity index (χ2n) is 4.99. The van der Waals surface area contributed by atoms with E-state index in [2.05, 4.69) is 9.46 Å². The van der Waals surface area contributed by atoms with Gasteiger partial charge in [0.15, 0.2) is 0 Å². The molecule has 0 unspecified atom stereocenters. The van der Waals surface area contributed by atoms with Crippen LogP contribution in [0.4, 0.5) is 5.69 Å². The number of hydrogen-bond donors (Lipinski definition) is 2. The van der Waals surface area contributed by atoms with Crippen molar-refractivity contribution in [1.29, 1.82) is 0 Å². The zero-order chi connectivity index (χ0) is 17.7. The third-order valence-corrected chi connectivity index (χ3v) is 4.43. The molecule has 2 aromatic rings. The van der Waals surface area contributed by atoms with Crippen LogP contribution in [0.3, 0.4) is 0 Å². The molecule has 0 atom stereocenters. The van der Waals surface area contributed by atoms with Crippen LogP contribution in [0, 0.1) is 0 Å². The Kier molecular flexibility index (Phi) is 5.20. The maximum absolute atomic E-state index is 12.2. The molecule has 0 aromatic heterocycles. The first-order chi connectivity index (χ1) is 11.3. The van der Waals surface area contributed by atoms with Crippen molar-refractivity contribution in [2.45, 2.75) is 5.75 Å². The lowest BCUT2D eigenvalue weighted by molar-refractivity contribution is 0.0600. The number of carbonyl (C=O) groups is 2. The predicted molar refractivity (Wildman–Crippen MR) is 89.0 cm³/mol. The molecule has 7 nitrogen and oxygen atoms in total. The summed E-state index contributed by atoms with van der Waals surface area (Å²) in [5.41, 5.74) is 6.60. The molecular formula is C16H16N2O5S. The smallest absolute Gasteiger partial charge is 0.337 e. The van der Waals surface area contributed by atoms with Gasteiger partial charge in [0.05, 0.1) is 18.4 Å². The maximum atomic E-state index is 12.2. The van der Waals surface area contributed by atoms with Crippen LogP contribution in [-0.2, 0) is 20.5 Å². The number of hydrogen-bond acceptors (Lipinski definition) is 5. The molecule has 0 radical (unpaired) electrons. The fourth-order valence-corrected chi connectivity index (χ4v) is 3.19. The topological polar surface area (TPSA) is 116 Å². The Morgan fingerprint density at radius 1 is 1.00 bits per heavy atom. The van der Waals surface area contributed by atoms with Crippen molar-refractivity contribution < 1.29 is 22.7 Å². The number of sulfonamides is 1. The summed E-state index contributed by atoms with van der Waals surface area (Å²) in [6.45, 7) is 0. The quantitative estimate of drug-likeness (QED) is 0.768. The zero-order valence-corrected chi connectivity index (χ0v) is 13.7. The van der Waals surface area contributed by atoms with Crippen LogP contribution in [0.15, 0.2) is 48.5 Å². The average Bonchev–Trinajstić information content (AvgIpc) is 2.54. The Balaban J connectivity index is 2.08. The van der Waals surface area contributed by atoms with Crippen molar-refractivity contribution in [2.24, 2.45) is 5.73 Å². The average molecular weight is 348 g/mol. The van der Waals surface area contributed by atoms with Gasteiger partial charge in [0, 0.05) is 11.3 Å². The third-order valence-electron chi connectivity index (χ3n) is 3.17. The summed E-state index contributed by atoms with van der Waals surface area (Å²) in [5, 5.41) is 0. The van der Waals surface area contributed by atoms with Crippen molar-refractivity contribution in [3.63, 3.8) is 0 Å². The SMILES string of the molecule is COC(=O)c1ccc(CS(=O)(=O)Nc2ccc(C(N)=O)cc2)cc1. The van der Waals surface area contributed by atoms with E-state index in [0.29, 0.717) is 16.8 Å². The van der Waals surface area contributed by atoms with E-state index in [4.69, 9.17) is 5.73 Å². The molecular weight excluding hydrogens is 332 g/mol. The van der Waals surface area contributed by atoms with Gasteiger partial charge in [-0.1, -0.05) is 12.1 Å². The summed E-state index contributed by atoms with van der Waals surface area (Å²) in [7, 11) is -2.37. The minimum Gasteiger partial charge on any atom is -0.465 e. The Morgan fingerprint density at radius 3 is 2.04 bits per heavy atom. The normalized spacial score (nSPS) is 10.9. The Labute approximate surface area is 139 Å². The van der Waals surface area contributed by atoms with E-state index in [0.717, 1.165) is 0 Å². The number of esters is 1. The highest BCUT2D eigenvalue weighted by Crippen LogP contribution is 2.15. The van der Waals surface area contributed by atoms with Crippen molar-refractivity contribution >= 4 is 27.6 Å². The molecule has 24 heavy (non-hydrogen) atoms. The second-order valence-corrected chi connectivity index (χ2v) is 6.71. The molecule has 126 valence electrons. The number of methoxy groups -OCH3 is 1. The number of nitrogens with one attached hydrogen (secondary N) is 1. The first kappa shape index (κ1) is 17.5. The van der Waals surface area contributed by atoms with Gasteiger partial charge in [-0.25, -0.2) is 13.2 Å². The predicted octanol–water partition coefficient (Wildman–Crippen LogP) is 1.51. The summed E-state index contributed by atoms with van der Waals surface area (Å²) in [6, 6.07) is 11.9. The Bertz CT molecular complexity index is 843. The zero-order valence-electron chi connectivity index (χ0n) is 12.9. The van der Waals surface area contributed by atoms with E-state index in [9.17, 15) is 18.0 Å².